The van der Waals surface area contributed by atoms with Crippen LogP contribution in [-0.2, 0) is 5.60 Å². The number of pyridine rings is 1. The summed E-state index contributed by atoms with van der Waals surface area (Å²) < 4.78 is 4.98. The Kier molecular flexibility index (Phi) is 6.78. The SMILES string of the molecule is COc1ccc(C2(O)CCNCC2)cn1.Cl.Cl. The highest BCUT2D eigenvalue weighted by atomic mass is 35.5. The molecule has 0 aliphatic carbocycles. The van der Waals surface area contributed by atoms with E-state index >= 15 is 0 Å². The first-order valence-corrected chi connectivity index (χ1v) is 5.18. The van der Waals surface area contributed by atoms with Gasteiger partial charge in [-0.3, -0.25) is 0 Å². The average Bonchev–Trinajstić information content (AvgIpc) is 2.30. The van der Waals surface area contributed by atoms with Crippen LogP contribution in [0, 0.1) is 0 Å². The summed E-state index contributed by atoms with van der Waals surface area (Å²) in [4.78, 5) is 4.11. The summed E-state index contributed by atoms with van der Waals surface area (Å²) in [5, 5.41) is 13.6. The van der Waals surface area contributed by atoms with E-state index in [9.17, 15) is 5.11 Å². The molecule has 0 radical (unpaired) electrons. The fourth-order valence-electron chi connectivity index (χ4n) is 1.91. The van der Waals surface area contributed by atoms with Crippen molar-refractivity contribution in [2.75, 3.05) is 20.2 Å². The summed E-state index contributed by atoms with van der Waals surface area (Å²) in [6, 6.07) is 3.67. The fourth-order valence-corrected chi connectivity index (χ4v) is 1.91. The molecule has 17 heavy (non-hydrogen) atoms. The van der Waals surface area contributed by atoms with Crippen molar-refractivity contribution in [3.05, 3.63) is 23.9 Å². The van der Waals surface area contributed by atoms with Crippen molar-refractivity contribution in [2.45, 2.75) is 18.4 Å². The minimum Gasteiger partial charge on any atom is -0.481 e. The monoisotopic (exact) mass is 280 g/mol. The van der Waals surface area contributed by atoms with Crippen molar-refractivity contribution in [1.82, 2.24) is 10.3 Å². The van der Waals surface area contributed by atoms with E-state index in [1.165, 1.54) is 0 Å². The summed E-state index contributed by atoms with van der Waals surface area (Å²) >= 11 is 0. The van der Waals surface area contributed by atoms with Gasteiger partial charge in [-0.05, 0) is 32.0 Å². The normalized spacial score (nSPS) is 17.5. The maximum absolute atomic E-state index is 10.4. The van der Waals surface area contributed by atoms with E-state index in [1.54, 1.807) is 19.4 Å². The molecule has 1 saturated heterocycles. The molecule has 6 heteroatoms. The highest BCUT2D eigenvalue weighted by Crippen LogP contribution is 2.30. The third kappa shape index (κ3) is 3.71. The Balaban J connectivity index is 0.00000128. The molecule has 1 aromatic heterocycles. The smallest absolute Gasteiger partial charge is 0.212 e. The first-order valence-electron chi connectivity index (χ1n) is 5.18. The number of ether oxygens (including phenoxy) is 1. The number of piperidine rings is 1. The molecule has 0 spiro atoms. The molecule has 1 aliphatic heterocycles. The third-order valence-electron chi connectivity index (χ3n) is 2.91. The van der Waals surface area contributed by atoms with Gasteiger partial charge in [-0.2, -0.15) is 0 Å². The lowest BCUT2D eigenvalue weighted by Crippen LogP contribution is -2.39. The molecule has 0 bridgehead atoms. The Morgan fingerprint density at radius 1 is 1.29 bits per heavy atom. The quantitative estimate of drug-likeness (QED) is 0.862. The van der Waals surface area contributed by atoms with Gasteiger partial charge in [-0.1, -0.05) is 0 Å². The van der Waals surface area contributed by atoms with Crippen LogP contribution in [0.1, 0.15) is 18.4 Å². The molecule has 4 nitrogen and oxygen atoms in total. The highest BCUT2D eigenvalue weighted by molar-refractivity contribution is 5.85. The Labute approximate surface area is 114 Å². The molecule has 1 aliphatic rings. The van der Waals surface area contributed by atoms with Crippen LogP contribution in [0.3, 0.4) is 0 Å². The fraction of sp³-hybridized carbons (Fsp3) is 0.545. The van der Waals surface area contributed by atoms with Gasteiger partial charge in [-0.25, -0.2) is 4.98 Å². The van der Waals surface area contributed by atoms with Gasteiger partial charge in [0.1, 0.15) is 0 Å². The highest BCUT2D eigenvalue weighted by Gasteiger charge is 2.31. The summed E-state index contributed by atoms with van der Waals surface area (Å²) in [6.45, 7) is 1.70. The summed E-state index contributed by atoms with van der Waals surface area (Å²) in [7, 11) is 1.58. The lowest BCUT2D eigenvalue weighted by Gasteiger charge is -2.32. The van der Waals surface area contributed by atoms with Gasteiger partial charge in [0, 0.05) is 17.8 Å². The maximum Gasteiger partial charge on any atom is 0.212 e. The number of aromatic nitrogens is 1. The van der Waals surface area contributed by atoms with Crippen LogP contribution >= 0.6 is 24.8 Å². The van der Waals surface area contributed by atoms with E-state index < -0.39 is 5.60 Å². The first kappa shape index (κ1) is 16.4. The van der Waals surface area contributed by atoms with Gasteiger partial charge in [0.15, 0.2) is 0 Å². The second-order valence-corrected chi connectivity index (χ2v) is 3.87. The lowest BCUT2D eigenvalue weighted by molar-refractivity contribution is 0.00558. The van der Waals surface area contributed by atoms with Crippen LogP contribution in [0.2, 0.25) is 0 Å². The van der Waals surface area contributed by atoms with Crippen LogP contribution in [-0.4, -0.2) is 30.3 Å². The van der Waals surface area contributed by atoms with E-state index in [0.717, 1.165) is 31.5 Å². The molecule has 2 rings (SSSR count). The predicted molar refractivity (Wildman–Crippen MR) is 71.3 cm³/mol. The molecular weight excluding hydrogens is 263 g/mol. The van der Waals surface area contributed by atoms with Crippen molar-refractivity contribution >= 4 is 24.8 Å². The van der Waals surface area contributed by atoms with Crippen LogP contribution in [0.5, 0.6) is 5.88 Å². The number of hydrogen-bond acceptors (Lipinski definition) is 4. The van der Waals surface area contributed by atoms with Gasteiger partial charge in [0.05, 0.1) is 12.7 Å². The van der Waals surface area contributed by atoms with Crippen molar-refractivity contribution in [1.29, 1.82) is 0 Å². The van der Waals surface area contributed by atoms with Crippen molar-refractivity contribution in [2.24, 2.45) is 0 Å². The van der Waals surface area contributed by atoms with Crippen molar-refractivity contribution < 1.29 is 9.84 Å². The molecule has 2 heterocycles. The minimum absolute atomic E-state index is 0. The molecule has 1 fully saturated rings. The second-order valence-electron chi connectivity index (χ2n) is 3.87. The van der Waals surface area contributed by atoms with Gasteiger partial charge < -0.3 is 15.2 Å². The Hall–Kier alpha value is -0.550. The van der Waals surface area contributed by atoms with Gasteiger partial charge in [-0.15, -0.1) is 24.8 Å². The number of hydrogen-bond donors (Lipinski definition) is 2. The molecular formula is C11H18Cl2N2O2. The molecule has 0 unspecified atom stereocenters. The Morgan fingerprint density at radius 2 is 1.94 bits per heavy atom. The third-order valence-corrected chi connectivity index (χ3v) is 2.91. The molecule has 1 aromatic rings. The van der Waals surface area contributed by atoms with E-state index in [0.29, 0.717) is 5.88 Å². The van der Waals surface area contributed by atoms with Crippen LogP contribution < -0.4 is 10.1 Å². The predicted octanol–water partition coefficient (Wildman–Crippen LogP) is 1.50. The van der Waals surface area contributed by atoms with Crippen molar-refractivity contribution in [3.63, 3.8) is 0 Å². The van der Waals surface area contributed by atoms with Crippen LogP contribution in [0.15, 0.2) is 18.3 Å². The number of nitrogens with zero attached hydrogens (tertiary/aromatic N) is 1. The Bertz CT molecular complexity index is 327. The number of nitrogens with one attached hydrogen (secondary N) is 1. The summed E-state index contributed by atoms with van der Waals surface area (Å²) in [5.74, 6) is 0.580. The van der Waals surface area contributed by atoms with Gasteiger partial charge >= 0.3 is 0 Å². The zero-order chi connectivity index (χ0) is 10.7. The number of aliphatic hydroxyl groups is 1. The van der Waals surface area contributed by atoms with E-state index in [2.05, 4.69) is 10.3 Å². The molecule has 0 atom stereocenters. The molecule has 2 N–H and O–H groups in total. The zero-order valence-corrected chi connectivity index (χ0v) is 11.3. The van der Waals surface area contributed by atoms with Crippen LogP contribution in [0.25, 0.3) is 0 Å². The standard InChI is InChI=1S/C11H16N2O2.2ClH/c1-15-10-3-2-9(8-13-10)11(14)4-6-12-7-5-11;;/h2-3,8,12,14H,4-7H2,1H3;2*1H. The van der Waals surface area contributed by atoms with Gasteiger partial charge in [0.2, 0.25) is 5.88 Å². The minimum atomic E-state index is -0.718. The van der Waals surface area contributed by atoms with Crippen LogP contribution in [0.4, 0.5) is 0 Å². The summed E-state index contributed by atoms with van der Waals surface area (Å²) in [5.41, 5.74) is 0.162. The first-order chi connectivity index (χ1) is 7.24. The molecule has 0 amide bonds. The number of rotatable bonds is 2. The number of methoxy groups -OCH3 is 1. The second kappa shape index (κ2) is 7.01. The molecule has 0 saturated carbocycles. The van der Waals surface area contributed by atoms with E-state index in [1.807, 2.05) is 6.07 Å². The molecule has 98 valence electrons. The number of halogens is 2. The molecule has 0 aromatic carbocycles. The largest absolute Gasteiger partial charge is 0.481 e. The average molecular weight is 281 g/mol. The zero-order valence-electron chi connectivity index (χ0n) is 9.68. The maximum atomic E-state index is 10.4. The van der Waals surface area contributed by atoms with Gasteiger partial charge in [0.25, 0.3) is 0 Å². The summed E-state index contributed by atoms with van der Waals surface area (Å²) in [6.07, 6.45) is 3.17. The van der Waals surface area contributed by atoms with Crippen molar-refractivity contribution in [3.8, 4) is 5.88 Å². The topological polar surface area (TPSA) is 54.4 Å². The van der Waals surface area contributed by atoms with E-state index in [4.69, 9.17) is 4.74 Å². The van der Waals surface area contributed by atoms with E-state index in [-0.39, 0.29) is 24.8 Å². The lowest BCUT2D eigenvalue weighted by atomic mass is 9.86. The Morgan fingerprint density at radius 3 is 2.41 bits per heavy atom.